The van der Waals surface area contributed by atoms with Crippen LogP contribution in [-0.2, 0) is 0 Å². The lowest BCUT2D eigenvalue weighted by molar-refractivity contribution is -0.144. The quantitative estimate of drug-likeness (QED) is 0.767. The second-order valence-electron chi connectivity index (χ2n) is 5.56. The number of carbonyl (C=O) groups excluding carboxylic acids is 1. The van der Waals surface area contributed by atoms with Gasteiger partial charge in [-0.05, 0) is 60.2 Å². The molecule has 1 saturated carbocycles. The predicted molar refractivity (Wildman–Crippen MR) is 78.2 cm³/mol. The highest BCUT2D eigenvalue weighted by Gasteiger charge is 2.41. The first-order valence-electron chi connectivity index (χ1n) is 6.83. The van der Waals surface area contributed by atoms with Gasteiger partial charge in [0.05, 0.1) is 5.56 Å². The smallest absolute Gasteiger partial charge is 0.327 e. The summed E-state index contributed by atoms with van der Waals surface area (Å²) in [6.45, 7) is 2.30. The second kappa shape index (κ2) is 5.99. The number of rotatable bonds is 4. The lowest BCUT2D eigenvalue weighted by Gasteiger charge is -2.30. The van der Waals surface area contributed by atoms with Crippen molar-refractivity contribution in [2.75, 3.05) is 6.54 Å². The minimum absolute atomic E-state index is 0.180. The van der Waals surface area contributed by atoms with Crippen molar-refractivity contribution >= 4 is 21.8 Å². The molecule has 2 rings (SSSR count). The largest absolute Gasteiger partial charge is 0.406 e. The summed E-state index contributed by atoms with van der Waals surface area (Å²) in [5.74, 6) is -0.387. The zero-order valence-electron chi connectivity index (χ0n) is 11.9. The van der Waals surface area contributed by atoms with E-state index in [1.807, 2.05) is 0 Å². The molecule has 0 spiro atoms. The highest BCUT2D eigenvalue weighted by Crippen LogP contribution is 2.37. The van der Waals surface area contributed by atoms with E-state index in [1.54, 1.807) is 32.0 Å². The van der Waals surface area contributed by atoms with Crippen LogP contribution in [-0.4, -0.2) is 29.6 Å². The Morgan fingerprint density at radius 3 is 2.57 bits per heavy atom. The second-order valence-corrected chi connectivity index (χ2v) is 6.36. The van der Waals surface area contributed by atoms with Gasteiger partial charge in [-0.15, -0.1) is 0 Å². The zero-order valence-corrected chi connectivity index (χ0v) is 13.5. The van der Waals surface area contributed by atoms with E-state index in [-0.39, 0.29) is 11.5 Å². The van der Waals surface area contributed by atoms with Gasteiger partial charge in [0.1, 0.15) is 6.54 Å². The molecule has 0 bridgehead atoms. The minimum Gasteiger partial charge on any atom is -0.327 e. The summed E-state index contributed by atoms with van der Waals surface area (Å²) in [5.41, 5.74) is 1.11. The Labute approximate surface area is 130 Å². The van der Waals surface area contributed by atoms with Crippen LogP contribution >= 0.6 is 15.9 Å². The fourth-order valence-corrected chi connectivity index (χ4v) is 2.83. The van der Waals surface area contributed by atoms with E-state index in [0.717, 1.165) is 23.3 Å². The van der Waals surface area contributed by atoms with Crippen LogP contribution in [0.2, 0.25) is 0 Å². The molecule has 1 aliphatic carbocycles. The lowest BCUT2D eigenvalue weighted by Crippen LogP contribution is -2.45. The molecule has 1 unspecified atom stereocenters. The molecule has 0 radical (unpaired) electrons. The Morgan fingerprint density at radius 1 is 1.43 bits per heavy atom. The molecule has 2 nitrogen and oxygen atoms in total. The minimum atomic E-state index is -4.39. The highest BCUT2D eigenvalue weighted by atomic mass is 79.9. The predicted octanol–water partition coefficient (Wildman–Crippen LogP) is 4.56. The Balaban J connectivity index is 2.30. The Bertz CT molecular complexity index is 540. The third kappa shape index (κ3) is 3.99. The van der Waals surface area contributed by atoms with E-state index in [4.69, 9.17) is 0 Å². The number of alkyl halides is 3. The number of halogens is 4. The van der Waals surface area contributed by atoms with E-state index in [2.05, 4.69) is 15.9 Å². The molecular weight excluding hydrogens is 347 g/mol. The average molecular weight is 364 g/mol. The third-order valence-electron chi connectivity index (χ3n) is 3.83. The fourth-order valence-electron chi connectivity index (χ4n) is 2.39. The van der Waals surface area contributed by atoms with Crippen LogP contribution < -0.4 is 0 Å². The zero-order chi connectivity index (χ0) is 15.8. The van der Waals surface area contributed by atoms with Crippen molar-refractivity contribution in [1.82, 2.24) is 4.90 Å². The molecule has 1 aliphatic rings. The van der Waals surface area contributed by atoms with Gasteiger partial charge in [-0.1, -0.05) is 12.1 Å². The summed E-state index contributed by atoms with van der Waals surface area (Å²) >= 11 is 3.30. The molecule has 1 fully saturated rings. The first-order valence-corrected chi connectivity index (χ1v) is 7.63. The van der Waals surface area contributed by atoms with E-state index in [9.17, 15) is 18.0 Å². The Morgan fingerprint density at radius 2 is 2.05 bits per heavy atom. The van der Waals surface area contributed by atoms with Crippen molar-refractivity contribution in [3.8, 4) is 0 Å². The molecule has 0 aliphatic heterocycles. The normalized spacial score (nSPS) is 16.7. The van der Waals surface area contributed by atoms with E-state index >= 15 is 0 Å². The molecule has 0 heterocycles. The number of benzene rings is 1. The van der Waals surface area contributed by atoms with Crippen LogP contribution in [0.1, 0.15) is 35.7 Å². The highest BCUT2D eigenvalue weighted by molar-refractivity contribution is 9.10. The van der Waals surface area contributed by atoms with Gasteiger partial charge in [-0.2, -0.15) is 13.2 Å². The SMILES string of the molecule is Cc1cccc(C(=O)N(CC(F)(F)F)C(C)C2CC2)c1Br. The topological polar surface area (TPSA) is 20.3 Å². The van der Waals surface area contributed by atoms with Crippen molar-refractivity contribution in [3.05, 3.63) is 33.8 Å². The number of hydrogen-bond donors (Lipinski definition) is 0. The van der Waals surface area contributed by atoms with Gasteiger partial charge in [0, 0.05) is 10.5 Å². The van der Waals surface area contributed by atoms with Gasteiger partial charge in [-0.3, -0.25) is 4.79 Å². The van der Waals surface area contributed by atoms with E-state index in [0.29, 0.717) is 4.47 Å². The Hall–Kier alpha value is -1.04. The van der Waals surface area contributed by atoms with Crippen LogP contribution in [0.3, 0.4) is 0 Å². The number of amides is 1. The van der Waals surface area contributed by atoms with Crippen LogP contribution in [0.25, 0.3) is 0 Å². The summed E-state index contributed by atoms with van der Waals surface area (Å²) in [5, 5.41) is 0. The fraction of sp³-hybridized carbons (Fsp3) is 0.533. The van der Waals surface area contributed by atoms with Gasteiger partial charge in [0.15, 0.2) is 0 Å². The first-order chi connectivity index (χ1) is 9.70. The number of hydrogen-bond acceptors (Lipinski definition) is 1. The number of nitrogens with zero attached hydrogens (tertiary/aromatic N) is 1. The van der Waals surface area contributed by atoms with Gasteiger partial charge in [0.25, 0.3) is 5.91 Å². The molecule has 0 N–H and O–H groups in total. The first kappa shape index (κ1) is 16.3. The molecular formula is C15H17BrF3NO. The molecule has 21 heavy (non-hydrogen) atoms. The molecule has 1 aromatic rings. The van der Waals surface area contributed by atoms with Crippen LogP contribution in [0.4, 0.5) is 13.2 Å². The van der Waals surface area contributed by atoms with Crippen LogP contribution in [0.5, 0.6) is 0 Å². The monoisotopic (exact) mass is 363 g/mol. The van der Waals surface area contributed by atoms with Gasteiger partial charge in [-0.25, -0.2) is 0 Å². The molecule has 6 heteroatoms. The maximum atomic E-state index is 12.8. The van der Waals surface area contributed by atoms with Crippen molar-refractivity contribution in [3.63, 3.8) is 0 Å². The number of aryl methyl sites for hydroxylation is 1. The lowest BCUT2D eigenvalue weighted by atomic mass is 10.1. The summed E-state index contributed by atoms with van der Waals surface area (Å²) in [6.07, 6.45) is -2.62. The van der Waals surface area contributed by atoms with Crippen molar-refractivity contribution in [2.24, 2.45) is 5.92 Å². The van der Waals surface area contributed by atoms with Crippen LogP contribution in [0, 0.1) is 12.8 Å². The van der Waals surface area contributed by atoms with Crippen molar-refractivity contribution in [2.45, 2.75) is 38.9 Å². The van der Waals surface area contributed by atoms with Gasteiger partial charge >= 0.3 is 6.18 Å². The number of carbonyl (C=O) groups is 1. The van der Waals surface area contributed by atoms with E-state index in [1.165, 1.54) is 0 Å². The molecule has 1 aromatic carbocycles. The van der Waals surface area contributed by atoms with Crippen molar-refractivity contribution in [1.29, 1.82) is 0 Å². The summed E-state index contributed by atoms with van der Waals surface area (Å²) in [6, 6.07) is 4.65. The summed E-state index contributed by atoms with van der Waals surface area (Å²) in [7, 11) is 0. The molecule has 0 saturated heterocycles. The third-order valence-corrected chi connectivity index (χ3v) is 4.88. The molecule has 1 amide bonds. The average Bonchev–Trinajstić information content (AvgIpc) is 3.21. The summed E-state index contributed by atoms with van der Waals surface area (Å²) in [4.78, 5) is 13.5. The maximum absolute atomic E-state index is 12.8. The molecule has 116 valence electrons. The Kier molecular flexibility index (Phi) is 4.66. The summed E-state index contributed by atoms with van der Waals surface area (Å²) < 4.78 is 39.0. The van der Waals surface area contributed by atoms with Gasteiger partial charge < -0.3 is 4.90 Å². The van der Waals surface area contributed by atoms with Crippen molar-refractivity contribution < 1.29 is 18.0 Å². The van der Waals surface area contributed by atoms with Crippen LogP contribution in [0.15, 0.2) is 22.7 Å². The maximum Gasteiger partial charge on any atom is 0.406 e. The van der Waals surface area contributed by atoms with E-state index < -0.39 is 24.7 Å². The molecule has 1 atom stereocenters. The van der Waals surface area contributed by atoms with Gasteiger partial charge in [0.2, 0.25) is 0 Å². The standard InChI is InChI=1S/C15H17BrF3NO/c1-9-4-3-5-12(13(9)16)14(21)20(8-15(17,18)19)10(2)11-6-7-11/h3-5,10-11H,6-8H2,1-2H3. The molecule has 0 aromatic heterocycles.